The molecule has 166 valence electrons. The van der Waals surface area contributed by atoms with Gasteiger partial charge in [0.1, 0.15) is 5.82 Å². The van der Waals surface area contributed by atoms with E-state index in [0.29, 0.717) is 18.2 Å². The summed E-state index contributed by atoms with van der Waals surface area (Å²) in [6.07, 6.45) is 6.94. The molecule has 1 unspecified atom stereocenters. The number of aryl methyl sites for hydroxylation is 2. The molecule has 1 aliphatic rings. The normalized spacial score (nSPS) is 15.2. The second kappa shape index (κ2) is 8.99. The van der Waals surface area contributed by atoms with Gasteiger partial charge in [-0.25, -0.2) is 0 Å². The number of pyridine rings is 1. The number of allylic oxidation sites excluding steroid dienone is 1. The van der Waals surface area contributed by atoms with E-state index in [9.17, 15) is 0 Å². The molecule has 6 heteroatoms. The van der Waals surface area contributed by atoms with Crippen LogP contribution in [0.5, 0.6) is 0 Å². The van der Waals surface area contributed by atoms with Crippen molar-refractivity contribution in [3.05, 3.63) is 83.5 Å². The maximum Gasteiger partial charge on any atom is 0.163 e. The molecule has 1 fully saturated rings. The Kier molecular flexibility index (Phi) is 6.12. The minimum absolute atomic E-state index is 0.142. The molecule has 2 heterocycles. The molecule has 1 saturated carbocycles. The quantitative estimate of drug-likeness (QED) is 0.365. The Hall–Kier alpha value is -3.41. The molecule has 1 atom stereocenters. The average molecular weight is 429 g/mol. The van der Waals surface area contributed by atoms with E-state index in [1.807, 2.05) is 30.4 Å². The Balaban J connectivity index is 1.90. The van der Waals surface area contributed by atoms with Gasteiger partial charge >= 0.3 is 0 Å². The van der Waals surface area contributed by atoms with E-state index in [2.05, 4.69) is 77.5 Å². The predicted octanol–water partition coefficient (Wildman–Crippen LogP) is 5.15. The summed E-state index contributed by atoms with van der Waals surface area (Å²) < 4.78 is 2.04. The SMILES string of the molecule is C=C/C(NC1CC1)=C(/C(=N)CC)C(c1ccccc1)N(C)c1cc(C)c2nnc(C)n2c1. The summed E-state index contributed by atoms with van der Waals surface area (Å²) in [5, 5.41) is 21.1. The Morgan fingerprint density at radius 2 is 2.00 bits per heavy atom. The van der Waals surface area contributed by atoms with Crippen LogP contribution < -0.4 is 10.2 Å². The summed E-state index contributed by atoms with van der Waals surface area (Å²) in [5.74, 6) is 0.855. The lowest BCUT2D eigenvalue weighted by Crippen LogP contribution is -2.32. The lowest BCUT2D eigenvalue weighted by Gasteiger charge is -2.34. The zero-order valence-corrected chi connectivity index (χ0v) is 19.4. The summed E-state index contributed by atoms with van der Waals surface area (Å²) >= 11 is 0. The van der Waals surface area contributed by atoms with Crippen molar-refractivity contribution in [1.82, 2.24) is 19.9 Å². The number of aromatic nitrogens is 3. The number of nitrogens with one attached hydrogen (secondary N) is 2. The largest absolute Gasteiger partial charge is 0.382 e. The molecular formula is C26H32N6. The number of benzene rings is 1. The Morgan fingerprint density at radius 3 is 2.62 bits per heavy atom. The van der Waals surface area contributed by atoms with E-state index >= 15 is 0 Å². The van der Waals surface area contributed by atoms with E-state index in [0.717, 1.165) is 39.6 Å². The molecule has 1 aliphatic carbocycles. The van der Waals surface area contributed by atoms with E-state index in [1.165, 1.54) is 12.8 Å². The van der Waals surface area contributed by atoms with Gasteiger partial charge in [-0.15, -0.1) is 10.2 Å². The molecule has 0 spiro atoms. The van der Waals surface area contributed by atoms with Crippen molar-refractivity contribution in [3.8, 4) is 0 Å². The van der Waals surface area contributed by atoms with Crippen LogP contribution in [0.4, 0.5) is 5.69 Å². The Morgan fingerprint density at radius 1 is 1.28 bits per heavy atom. The van der Waals surface area contributed by atoms with Gasteiger partial charge in [0.25, 0.3) is 0 Å². The monoisotopic (exact) mass is 428 g/mol. The van der Waals surface area contributed by atoms with Crippen molar-refractivity contribution in [2.24, 2.45) is 0 Å². The fourth-order valence-corrected chi connectivity index (χ4v) is 4.17. The first kappa shape index (κ1) is 21.8. The van der Waals surface area contributed by atoms with Crippen LogP contribution in [0.2, 0.25) is 0 Å². The summed E-state index contributed by atoms with van der Waals surface area (Å²) in [5.41, 5.74) is 6.67. The lowest BCUT2D eigenvalue weighted by molar-refractivity contribution is 0.744. The fourth-order valence-electron chi connectivity index (χ4n) is 4.17. The maximum atomic E-state index is 8.91. The molecule has 2 N–H and O–H groups in total. The van der Waals surface area contributed by atoms with Crippen LogP contribution in [0.1, 0.15) is 49.2 Å². The first-order valence-corrected chi connectivity index (χ1v) is 11.2. The van der Waals surface area contributed by atoms with Crippen LogP contribution in [-0.2, 0) is 0 Å². The fraction of sp³-hybridized carbons (Fsp3) is 0.346. The van der Waals surface area contributed by atoms with Crippen LogP contribution in [0.3, 0.4) is 0 Å². The molecule has 6 nitrogen and oxygen atoms in total. The van der Waals surface area contributed by atoms with Crippen molar-refractivity contribution >= 4 is 17.0 Å². The van der Waals surface area contributed by atoms with Gasteiger partial charge in [-0.3, -0.25) is 4.40 Å². The number of anilines is 1. The highest BCUT2D eigenvalue weighted by Crippen LogP contribution is 2.36. The average Bonchev–Trinajstić information content (AvgIpc) is 3.56. The first-order valence-electron chi connectivity index (χ1n) is 11.2. The van der Waals surface area contributed by atoms with Crippen LogP contribution in [0.25, 0.3) is 5.65 Å². The minimum atomic E-state index is -0.142. The third-order valence-electron chi connectivity index (χ3n) is 6.14. The van der Waals surface area contributed by atoms with Gasteiger partial charge in [0.05, 0.1) is 11.7 Å². The standard InChI is InChI=1S/C26H32N6/c1-6-22(27)24(23(7-2)28-20-13-14-20)25(19-11-9-8-10-12-19)31(5)21-15-17(3)26-30-29-18(4)32(26)16-21/h7-12,15-16,20,25,27-28H,2,6,13-14H2,1,3-5H3/b24-23+,27-22?. The number of hydrogen-bond acceptors (Lipinski definition) is 5. The third kappa shape index (κ3) is 4.17. The molecule has 3 aromatic rings. The van der Waals surface area contributed by atoms with Crippen LogP contribution >= 0.6 is 0 Å². The van der Waals surface area contributed by atoms with Crippen molar-refractivity contribution in [2.45, 2.75) is 52.1 Å². The molecule has 0 amide bonds. The van der Waals surface area contributed by atoms with Crippen LogP contribution in [0.15, 0.2) is 66.5 Å². The number of hydrogen-bond donors (Lipinski definition) is 2. The van der Waals surface area contributed by atoms with Crippen molar-refractivity contribution in [2.75, 3.05) is 11.9 Å². The second-order valence-corrected chi connectivity index (χ2v) is 8.53. The van der Waals surface area contributed by atoms with Crippen molar-refractivity contribution in [1.29, 1.82) is 5.41 Å². The van der Waals surface area contributed by atoms with E-state index in [1.54, 1.807) is 0 Å². The lowest BCUT2D eigenvalue weighted by atomic mass is 9.90. The highest BCUT2D eigenvalue weighted by Gasteiger charge is 2.30. The van der Waals surface area contributed by atoms with Gasteiger partial charge in [0.2, 0.25) is 0 Å². The van der Waals surface area contributed by atoms with Crippen LogP contribution in [0, 0.1) is 19.3 Å². The summed E-state index contributed by atoms with van der Waals surface area (Å²) in [4.78, 5) is 2.25. The molecule has 0 radical (unpaired) electrons. The number of nitrogens with zero attached hydrogens (tertiary/aromatic N) is 4. The van der Waals surface area contributed by atoms with Crippen LogP contribution in [-0.4, -0.2) is 33.4 Å². The van der Waals surface area contributed by atoms with Crippen molar-refractivity contribution < 1.29 is 0 Å². The van der Waals surface area contributed by atoms with Crippen molar-refractivity contribution in [3.63, 3.8) is 0 Å². The van der Waals surface area contributed by atoms with Gasteiger partial charge < -0.3 is 15.6 Å². The molecule has 2 aromatic heterocycles. The van der Waals surface area contributed by atoms with Gasteiger partial charge in [0, 0.05) is 36.3 Å². The summed E-state index contributed by atoms with van der Waals surface area (Å²) in [6, 6.07) is 12.9. The summed E-state index contributed by atoms with van der Waals surface area (Å²) in [7, 11) is 2.10. The van der Waals surface area contributed by atoms with Gasteiger partial charge in [0.15, 0.2) is 5.65 Å². The zero-order chi connectivity index (χ0) is 22.8. The molecule has 4 rings (SSSR count). The van der Waals surface area contributed by atoms with Gasteiger partial charge in [-0.2, -0.15) is 0 Å². The first-order chi connectivity index (χ1) is 15.4. The molecule has 0 bridgehead atoms. The number of fused-ring (bicyclic) bond motifs is 1. The zero-order valence-electron chi connectivity index (χ0n) is 19.4. The molecular weight excluding hydrogens is 396 g/mol. The van der Waals surface area contributed by atoms with E-state index in [4.69, 9.17) is 5.41 Å². The Labute approximate surface area is 190 Å². The molecule has 1 aromatic carbocycles. The minimum Gasteiger partial charge on any atom is -0.382 e. The van der Waals surface area contributed by atoms with Gasteiger partial charge in [-0.1, -0.05) is 43.8 Å². The number of rotatable bonds is 9. The van der Waals surface area contributed by atoms with E-state index < -0.39 is 0 Å². The topological polar surface area (TPSA) is 69.3 Å². The smallest absolute Gasteiger partial charge is 0.163 e. The Bertz CT molecular complexity index is 1170. The van der Waals surface area contributed by atoms with Gasteiger partial charge in [-0.05, 0) is 56.4 Å². The highest BCUT2D eigenvalue weighted by atomic mass is 15.3. The maximum absolute atomic E-state index is 8.91. The summed E-state index contributed by atoms with van der Waals surface area (Å²) in [6.45, 7) is 10.2. The number of likely N-dealkylation sites (N-methyl/N-ethyl adjacent to an activating group) is 1. The second-order valence-electron chi connectivity index (χ2n) is 8.53. The predicted molar refractivity (Wildman–Crippen MR) is 131 cm³/mol. The van der Waals surface area contributed by atoms with E-state index in [-0.39, 0.29) is 6.04 Å². The highest BCUT2D eigenvalue weighted by molar-refractivity contribution is 6.00. The molecule has 32 heavy (non-hydrogen) atoms. The molecule has 0 aliphatic heterocycles. The molecule has 0 saturated heterocycles. The third-order valence-corrected chi connectivity index (χ3v) is 6.14.